The molecule has 3 saturated carbocycles. The Bertz CT molecular complexity index is 715. The van der Waals surface area contributed by atoms with E-state index in [-0.39, 0.29) is 23.0 Å². The van der Waals surface area contributed by atoms with Crippen molar-refractivity contribution >= 4 is 11.9 Å². The summed E-state index contributed by atoms with van der Waals surface area (Å²) in [5, 5.41) is 3.00. The minimum atomic E-state index is -0.212. The van der Waals surface area contributed by atoms with Crippen molar-refractivity contribution in [1.29, 1.82) is 0 Å². The number of hydrogen-bond acceptors (Lipinski definition) is 3. The normalized spacial score (nSPS) is 39.2. The summed E-state index contributed by atoms with van der Waals surface area (Å²) in [5.41, 5.74) is 1.76. The van der Waals surface area contributed by atoms with Gasteiger partial charge in [-0.1, -0.05) is 52.0 Å². The van der Waals surface area contributed by atoms with E-state index in [0.29, 0.717) is 23.5 Å². The van der Waals surface area contributed by atoms with E-state index < -0.39 is 0 Å². The van der Waals surface area contributed by atoms with Crippen molar-refractivity contribution in [3.8, 4) is 0 Å². The molecule has 1 amide bonds. The fraction of sp³-hybridized carbons (Fsp3) is 0.852. The van der Waals surface area contributed by atoms with Crippen molar-refractivity contribution in [2.75, 3.05) is 6.54 Å². The Balaban J connectivity index is 1.35. The van der Waals surface area contributed by atoms with Crippen LogP contribution in [0.5, 0.6) is 0 Å². The lowest BCUT2D eigenvalue weighted by Crippen LogP contribution is -2.52. The molecule has 0 heterocycles. The number of unbranched alkanes of at least 4 members (excludes halogenated alkanes) is 4. The van der Waals surface area contributed by atoms with Gasteiger partial charge >= 0.3 is 6.09 Å². The zero-order chi connectivity index (χ0) is 22.1. The summed E-state index contributed by atoms with van der Waals surface area (Å²) in [7, 11) is 0. The van der Waals surface area contributed by atoms with Crippen LogP contribution in [0.15, 0.2) is 11.6 Å². The first kappa shape index (κ1) is 22.9. The number of rotatable bonds is 7. The van der Waals surface area contributed by atoms with E-state index in [1.165, 1.54) is 50.5 Å². The van der Waals surface area contributed by atoms with Crippen LogP contribution in [0.4, 0.5) is 4.79 Å². The molecule has 1 N–H and O–H groups in total. The lowest BCUT2D eigenvalue weighted by Gasteiger charge is -2.57. The quantitative estimate of drug-likeness (QED) is 0.465. The fourth-order valence-electron chi connectivity index (χ4n) is 7.79. The number of ether oxygens (including phenoxy) is 1. The molecule has 0 aromatic carbocycles. The van der Waals surface area contributed by atoms with Crippen molar-refractivity contribution in [2.45, 2.75) is 110 Å². The van der Waals surface area contributed by atoms with E-state index in [2.05, 4.69) is 26.1 Å². The monoisotopic (exact) mass is 429 g/mol. The molecule has 4 nitrogen and oxygen atoms in total. The number of carbonyl (C=O) groups excluding carboxylic acids is 2. The first-order valence-electron chi connectivity index (χ1n) is 13.1. The molecule has 4 rings (SSSR count). The number of alkyl carbamates (subject to hydrolysis) is 1. The minimum Gasteiger partial charge on any atom is -0.446 e. The molecular weight excluding hydrogens is 386 g/mol. The minimum absolute atomic E-state index is 0.0521. The van der Waals surface area contributed by atoms with Crippen molar-refractivity contribution in [2.24, 2.45) is 28.6 Å². The summed E-state index contributed by atoms with van der Waals surface area (Å²) in [6.07, 6.45) is 16.4. The van der Waals surface area contributed by atoms with Gasteiger partial charge in [-0.2, -0.15) is 0 Å². The van der Waals surface area contributed by atoms with E-state index in [9.17, 15) is 9.59 Å². The van der Waals surface area contributed by atoms with Crippen LogP contribution < -0.4 is 5.32 Å². The zero-order valence-corrected chi connectivity index (χ0v) is 20.0. The van der Waals surface area contributed by atoms with Gasteiger partial charge in [0, 0.05) is 18.4 Å². The molecule has 4 aliphatic carbocycles. The Hall–Kier alpha value is -1.32. The van der Waals surface area contributed by atoms with E-state index >= 15 is 0 Å². The van der Waals surface area contributed by atoms with E-state index in [4.69, 9.17) is 4.74 Å². The van der Waals surface area contributed by atoms with Crippen LogP contribution in [0.1, 0.15) is 104 Å². The predicted molar refractivity (Wildman–Crippen MR) is 124 cm³/mol. The van der Waals surface area contributed by atoms with Crippen LogP contribution >= 0.6 is 0 Å². The summed E-state index contributed by atoms with van der Waals surface area (Å²) in [6, 6.07) is 0. The number of amides is 1. The molecule has 4 heteroatoms. The number of fused-ring (bicyclic) bond motifs is 5. The van der Waals surface area contributed by atoms with Gasteiger partial charge in [0.2, 0.25) is 0 Å². The highest BCUT2D eigenvalue weighted by Gasteiger charge is 2.59. The van der Waals surface area contributed by atoms with Gasteiger partial charge in [0.05, 0.1) is 0 Å². The topological polar surface area (TPSA) is 55.4 Å². The highest BCUT2D eigenvalue weighted by Crippen LogP contribution is 2.65. The molecule has 3 fully saturated rings. The molecule has 0 aromatic rings. The highest BCUT2D eigenvalue weighted by molar-refractivity contribution is 5.91. The van der Waals surface area contributed by atoms with Crippen LogP contribution in [0, 0.1) is 28.6 Å². The first-order chi connectivity index (χ1) is 14.9. The number of nitrogens with one attached hydrogen (secondary N) is 1. The third kappa shape index (κ3) is 4.33. The van der Waals surface area contributed by atoms with Crippen LogP contribution in [0.2, 0.25) is 0 Å². The lowest BCUT2D eigenvalue weighted by molar-refractivity contribution is -0.118. The lowest BCUT2D eigenvalue weighted by atomic mass is 9.47. The number of ketones is 1. The molecule has 6 unspecified atom stereocenters. The highest BCUT2D eigenvalue weighted by atomic mass is 16.6. The van der Waals surface area contributed by atoms with Crippen molar-refractivity contribution in [1.82, 2.24) is 5.32 Å². The zero-order valence-electron chi connectivity index (χ0n) is 20.0. The van der Waals surface area contributed by atoms with Gasteiger partial charge in [-0.05, 0) is 80.6 Å². The fourth-order valence-corrected chi connectivity index (χ4v) is 7.79. The third-order valence-corrected chi connectivity index (χ3v) is 9.67. The van der Waals surface area contributed by atoms with Crippen molar-refractivity contribution in [3.05, 3.63) is 11.6 Å². The van der Waals surface area contributed by atoms with Crippen LogP contribution in [-0.4, -0.2) is 24.5 Å². The smallest absolute Gasteiger partial charge is 0.407 e. The van der Waals surface area contributed by atoms with Gasteiger partial charge in [0.25, 0.3) is 0 Å². The molecule has 0 aliphatic heterocycles. The van der Waals surface area contributed by atoms with E-state index in [1.807, 2.05) is 6.08 Å². The molecule has 0 aromatic heterocycles. The third-order valence-electron chi connectivity index (χ3n) is 9.67. The van der Waals surface area contributed by atoms with Gasteiger partial charge in [-0.15, -0.1) is 0 Å². The van der Waals surface area contributed by atoms with Crippen LogP contribution in [-0.2, 0) is 9.53 Å². The second kappa shape index (κ2) is 9.27. The number of hydrogen-bond donors (Lipinski definition) is 1. The summed E-state index contributed by atoms with van der Waals surface area (Å²) >= 11 is 0. The second-order valence-electron chi connectivity index (χ2n) is 11.3. The molecule has 0 radical (unpaired) electrons. The van der Waals surface area contributed by atoms with Crippen molar-refractivity contribution < 1.29 is 14.3 Å². The largest absolute Gasteiger partial charge is 0.446 e. The van der Waals surface area contributed by atoms with E-state index in [0.717, 1.165) is 45.1 Å². The summed E-state index contributed by atoms with van der Waals surface area (Å²) < 4.78 is 6.03. The Morgan fingerprint density at radius 3 is 2.65 bits per heavy atom. The van der Waals surface area contributed by atoms with Gasteiger partial charge in [-0.3, -0.25) is 4.79 Å². The molecule has 6 atom stereocenters. The maximum atomic E-state index is 12.5. The summed E-state index contributed by atoms with van der Waals surface area (Å²) in [6.45, 7) is 7.77. The molecule has 0 saturated heterocycles. The molecule has 31 heavy (non-hydrogen) atoms. The molecule has 0 spiro atoms. The van der Waals surface area contributed by atoms with Gasteiger partial charge < -0.3 is 10.1 Å². The van der Waals surface area contributed by atoms with Crippen LogP contribution in [0.25, 0.3) is 0 Å². The average Bonchev–Trinajstić information content (AvgIpc) is 3.07. The second-order valence-corrected chi connectivity index (χ2v) is 11.3. The standard InChI is InChI=1S/C27H43NO3/c1-4-5-6-7-8-17-28-25(30)31-24-12-11-22-21-10-9-19-18-20(29)13-15-26(19,2)23(21)14-16-27(22,24)3/h18,21-24H,4-17H2,1-3H3,(H,28,30). The maximum absolute atomic E-state index is 12.5. The average molecular weight is 430 g/mol. The number of allylic oxidation sites excluding steroid dienone is 1. The molecule has 174 valence electrons. The first-order valence-corrected chi connectivity index (χ1v) is 13.1. The SMILES string of the molecule is CCCCCCCNC(=O)OC1CCC2C3CCC4=CC(=O)CCC4(C)C3CCC12C. The maximum Gasteiger partial charge on any atom is 0.407 e. The Morgan fingerprint density at radius 2 is 1.84 bits per heavy atom. The summed E-state index contributed by atoms with van der Waals surface area (Å²) in [5.74, 6) is 2.38. The molecular formula is C27H43NO3. The van der Waals surface area contributed by atoms with Crippen LogP contribution in [0.3, 0.4) is 0 Å². The van der Waals surface area contributed by atoms with Gasteiger partial charge in [0.1, 0.15) is 6.10 Å². The van der Waals surface area contributed by atoms with Crippen molar-refractivity contribution in [3.63, 3.8) is 0 Å². The van der Waals surface area contributed by atoms with E-state index in [1.54, 1.807) is 0 Å². The Labute approximate surface area is 189 Å². The summed E-state index contributed by atoms with van der Waals surface area (Å²) in [4.78, 5) is 24.5. The molecule has 4 aliphatic rings. The number of carbonyl (C=O) groups is 2. The Morgan fingerprint density at radius 1 is 1.03 bits per heavy atom. The Kier molecular flexibility index (Phi) is 6.84. The molecule has 0 bridgehead atoms. The van der Waals surface area contributed by atoms with Gasteiger partial charge in [-0.25, -0.2) is 4.79 Å². The predicted octanol–water partition coefficient (Wildman–Crippen LogP) is 6.58. The van der Waals surface area contributed by atoms with Gasteiger partial charge in [0.15, 0.2) is 5.78 Å².